The second-order valence-electron chi connectivity index (χ2n) is 4.84. The molecule has 0 unspecified atom stereocenters. The highest BCUT2D eigenvalue weighted by Gasteiger charge is 2.20. The Morgan fingerprint density at radius 1 is 0.800 bits per heavy atom. The topological polar surface area (TPSA) is 22.1 Å². The number of pyridine rings is 1. The first kappa shape index (κ1) is 11.2. The SMILES string of the molecule is c1ccc(-c2nccc3c2COc2ccccc2-3)cc1. The molecule has 1 aliphatic rings. The van der Waals surface area contributed by atoms with E-state index in [9.17, 15) is 0 Å². The van der Waals surface area contributed by atoms with Gasteiger partial charge in [0.2, 0.25) is 0 Å². The van der Waals surface area contributed by atoms with Gasteiger partial charge in [-0.15, -0.1) is 0 Å². The van der Waals surface area contributed by atoms with Gasteiger partial charge in [-0.25, -0.2) is 0 Å². The smallest absolute Gasteiger partial charge is 0.127 e. The van der Waals surface area contributed by atoms with Gasteiger partial charge < -0.3 is 4.74 Å². The lowest BCUT2D eigenvalue weighted by molar-refractivity contribution is 0.302. The lowest BCUT2D eigenvalue weighted by atomic mass is 9.94. The van der Waals surface area contributed by atoms with Crippen LogP contribution in [0.2, 0.25) is 0 Å². The van der Waals surface area contributed by atoms with E-state index in [1.807, 2.05) is 42.6 Å². The Kier molecular flexibility index (Phi) is 2.52. The van der Waals surface area contributed by atoms with Gasteiger partial charge in [0.15, 0.2) is 0 Å². The number of nitrogens with zero attached hydrogens (tertiary/aromatic N) is 1. The zero-order valence-corrected chi connectivity index (χ0v) is 10.9. The third-order valence-electron chi connectivity index (χ3n) is 3.65. The van der Waals surface area contributed by atoms with E-state index in [0.29, 0.717) is 6.61 Å². The number of fused-ring (bicyclic) bond motifs is 3. The van der Waals surface area contributed by atoms with E-state index in [-0.39, 0.29) is 0 Å². The van der Waals surface area contributed by atoms with Crippen LogP contribution in [-0.2, 0) is 6.61 Å². The molecule has 4 rings (SSSR count). The fourth-order valence-electron chi connectivity index (χ4n) is 2.70. The largest absolute Gasteiger partial charge is 0.488 e. The molecule has 1 aliphatic heterocycles. The van der Waals surface area contributed by atoms with Crippen molar-refractivity contribution in [3.05, 3.63) is 72.4 Å². The van der Waals surface area contributed by atoms with Gasteiger partial charge in [0, 0.05) is 22.9 Å². The summed E-state index contributed by atoms with van der Waals surface area (Å²) in [6, 6.07) is 20.5. The Morgan fingerprint density at radius 2 is 1.60 bits per heavy atom. The average Bonchev–Trinajstić information content (AvgIpc) is 2.55. The van der Waals surface area contributed by atoms with Crippen molar-refractivity contribution in [3.63, 3.8) is 0 Å². The van der Waals surface area contributed by atoms with Crippen molar-refractivity contribution in [2.45, 2.75) is 6.61 Å². The molecular weight excluding hydrogens is 246 g/mol. The van der Waals surface area contributed by atoms with Crippen molar-refractivity contribution < 1.29 is 4.74 Å². The third kappa shape index (κ3) is 1.69. The molecule has 0 bridgehead atoms. The van der Waals surface area contributed by atoms with E-state index in [4.69, 9.17) is 4.74 Å². The summed E-state index contributed by atoms with van der Waals surface area (Å²) in [5.74, 6) is 0.949. The molecule has 0 amide bonds. The molecule has 0 saturated heterocycles. The maximum Gasteiger partial charge on any atom is 0.127 e. The van der Waals surface area contributed by atoms with E-state index in [0.717, 1.165) is 28.1 Å². The Labute approximate surface area is 117 Å². The van der Waals surface area contributed by atoms with Crippen molar-refractivity contribution in [2.75, 3.05) is 0 Å². The summed E-state index contributed by atoms with van der Waals surface area (Å²) in [5.41, 5.74) is 5.68. The van der Waals surface area contributed by atoms with Crippen molar-refractivity contribution in [1.29, 1.82) is 0 Å². The predicted octanol–water partition coefficient (Wildman–Crippen LogP) is 4.31. The molecular formula is C18H13NO. The minimum atomic E-state index is 0.574. The van der Waals surface area contributed by atoms with Crippen LogP contribution in [0, 0.1) is 0 Å². The highest BCUT2D eigenvalue weighted by molar-refractivity contribution is 5.80. The summed E-state index contributed by atoms with van der Waals surface area (Å²) in [7, 11) is 0. The van der Waals surface area contributed by atoms with Crippen molar-refractivity contribution in [2.24, 2.45) is 0 Å². The third-order valence-corrected chi connectivity index (χ3v) is 3.65. The fourth-order valence-corrected chi connectivity index (χ4v) is 2.70. The standard InChI is InChI=1S/C18H13NO/c1-2-6-13(7-3-1)18-16-12-20-17-9-5-4-8-15(17)14(16)10-11-19-18/h1-11H,12H2. The Balaban J connectivity index is 1.95. The first-order valence-corrected chi connectivity index (χ1v) is 6.69. The van der Waals surface area contributed by atoms with E-state index < -0.39 is 0 Å². The lowest BCUT2D eigenvalue weighted by Gasteiger charge is -2.22. The van der Waals surface area contributed by atoms with Crippen LogP contribution in [-0.4, -0.2) is 4.98 Å². The summed E-state index contributed by atoms with van der Waals surface area (Å²) in [5, 5.41) is 0. The zero-order valence-electron chi connectivity index (χ0n) is 10.9. The maximum absolute atomic E-state index is 5.87. The minimum Gasteiger partial charge on any atom is -0.488 e. The molecule has 0 saturated carbocycles. The Hall–Kier alpha value is -2.61. The molecule has 0 N–H and O–H groups in total. The molecule has 2 aromatic carbocycles. The summed E-state index contributed by atoms with van der Waals surface area (Å²) in [6.07, 6.45) is 1.88. The molecule has 0 fully saturated rings. The normalized spacial score (nSPS) is 12.2. The molecule has 0 spiro atoms. The quantitative estimate of drug-likeness (QED) is 0.649. The van der Waals surface area contributed by atoms with Gasteiger partial charge in [0.05, 0.1) is 5.69 Å². The molecule has 0 aliphatic carbocycles. The van der Waals surface area contributed by atoms with Gasteiger partial charge in [-0.1, -0.05) is 48.5 Å². The van der Waals surface area contributed by atoms with Crippen LogP contribution in [0.25, 0.3) is 22.4 Å². The number of rotatable bonds is 1. The van der Waals surface area contributed by atoms with Crippen molar-refractivity contribution >= 4 is 0 Å². The van der Waals surface area contributed by atoms with Gasteiger partial charge >= 0.3 is 0 Å². The molecule has 2 heteroatoms. The second kappa shape index (κ2) is 4.49. The van der Waals surface area contributed by atoms with Gasteiger partial charge in [-0.2, -0.15) is 0 Å². The molecule has 0 atom stereocenters. The molecule has 20 heavy (non-hydrogen) atoms. The fraction of sp³-hybridized carbons (Fsp3) is 0.0556. The van der Waals surface area contributed by atoms with Crippen molar-refractivity contribution in [3.8, 4) is 28.1 Å². The number of aromatic nitrogens is 1. The number of para-hydroxylation sites is 1. The number of ether oxygens (including phenoxy) is 1. The van der Waals surface area contributed by atoms with E-state index in [2.05, 4.69) is 29.2 Å². The van der Waals surface area contributed by atoms with Gasteiger partial charge in [0.25, 0.3) is 0 Å². The molecule has 2 heterocycles. The van der Waals surface area contributed by atoms with E-state index >= 15 is 0 Å². The van der Waals surface area contributed by atoms with Crippen LogP contribution in [0.15, 0.2) is 66.9 Å². The van der Waals surface area contributed by atoms with Crippen LogP contribution in [0.1, 0.15) is 5.56 Å². The summed E-state index contributed by atoms with van der Waals surface area (Å²) >= 11 is 0. The van der Waals surface area contributed by atoms with E-state index in [1.54, 1.807) is 0 Å². The molecule has 1 aromatic heterocycles. The van der Waals surface area contributed by atoms with Gasteiger partial charge in [-0.05, 0) is 17.7 Å². The number of hydrogen-bond donors (Lipinski definition) is 0. The number of benzene rings is 2. The molecule has 0 radical (unpaired) electrons. The highest BCUT2D eigenvalue weighted by atomic mass is 16.5. The number of hydrogen-bond acceptors (Lipinski definition) is 2. The molecule has 96 valence electrons. The second-order valence-corrected chi connectivity index (χ2v) is 4.84. The predicted molar refractivity (Wildman–Crippen MR) is 79.4 cm³/mol. The first-order chi connectivity index (χ1) is 9.93. The average molecular weight is 259 g/mol. The van der Waals surface area contributed by atoms with Gasteiger partial charge in [-0.3, -0.25) is 4.98 Å². The van der Waals surface area contributed by atoms with Crippen molar-refractivity contribution in [1.82, 2.24) is 4.98 Å². The highest BCUT2D eigenvalue weighted by Crippen LogP contribution is 2.40. The zero-order chi connectivity index (χ0) is 13.4. The van der Waals surface area contributed by atoms with Crippen LogP contribution in [0.3, 0.4) is 0 Å². The summed E-state index contributed by atoms with van der Waals surface area (Å²) in [6.45, 7) is 0.574. The Bertz CT molecular complexity index is 751. The van der Waals surface area contributed by atoms with Crippen LogP contribution >= 0.6 is 0 Å². The van der Waals surface area contributed by atoms with Gasteiger partial charge in [0.1, 0.15) is 12.4 Å². The van der Waals surface area contributed by atoms with Crippen LogP contribution in [0.4, 0.5) is 0 Å². The maximum atomic E-state index is 5.87. The van der Waals surface area contributed by atoms with E-state index in [1.165, 1.54) is 5.56 Å². The van der Waals surface area contributed by atoms with Crippen LogP contribution < -0.4 is 4.74 Å². The lowest BCUT2D eigenvalue weighted by Crippen LogP contribution is -2.08. The first-order valence-electron chi connectivity index (χ1n) is 6.69. The molecule has 2 nitrogen and oxygen atoms in total. The summed E-state index contributed by atoms with van der Waals surface area (Å²) < 4.78 is 5.87. The molecule has 3 aromatic rings. The minimum absolute atomic E-state index is 0.574. The Morgan fingerprint density at radius 3 is 2.50 bits per heavy atom. The van der Waals surface area contributed by atoms with Crippen LogP contribution in [0.5, 0.6) is 5.75 Å². The summed E-state index contributed by atoms with van der Waals surface area (Å²) in [4.78, 5) is 4.56. The monoisotopic (exact) mass is 259 g/mol.